The molecule has 0 spiro atoms. The second-order valence-corrected chi connectivity index (χ2v) is 8.37. The maximum absolute atomic E-state index is 13.3. The summed E-state index contributed by atoms with van der Waals surface area (Å²) < 4.78 is 15.0. The Morgan fingerprint density at radius 3 is 2.65 bits per heavy atom. The first-order chi connectivity index (χ1) is 15.0. The normalized spacial score (nSPS) is 10.9. The molecule has 1 amide bonds. The highest BCUT2D eigenvalue weighted by Crippen LogP contribution is 2.32. The van der Waals surface area contributed by atoms with Crippen LogP contribution in [0.25, 0.3) is 11.3 Å². The monoisotopic (exact) mass is 454 g/mol. The number of aromatic nitrogens is 3. The highest BCUT2D eigenvalue weighted by atomic mass is 35.5. The summed E-state index contributed by atoms with van der Waals surface area (Å²) in [6, 6.07) is 13.6. The minimum absolute atomic E-state index is 0.0618. The number of nitrogens with zero attached hydrogens (tertiary/aromatic N) is 4. The van der Waals surface area contributed by atoms with Crippen LogP contribution in [-0.2, 0) is 24.8 Å². The number of halogens is 2. The van der Waals surface area contributed by atoms with E-state index in [-0.39, 0.29) is 11.7 Å². The molecule has 5 nitrogen and oxygen atoms in total. The zero-order chi connectivity index (χ0) is 21.8. The molecule has 0 aliphatic heterocycles. The molecule has 0 unspecified atom stereocenters. The Labute approximate surface area is 188 Å². The number of carbonyl (C=O) groups is 1. The highest BCUT2D eigenvalue weighted by Gasteiger charge is 2.21. The summed E-state index contributed by atoms with van der Waals surface area (Å²) in [7, 11) is 1.85. The molecule has 0 bridgehead atoms. The Hall–Kier alpha value is -3.03. The van der Waals surface area contributed by atoms with Crippen molar-refractivity contribution in [2.24, 2.45) is 7.05 Å². The number of anilines is 1. The highest BCUT2D eigenvalue weighted by molar-refractivity contribution is 7.14. The second kappa shape index (κ2) is 9.41. The molecule has 0 aliphatic carbocycles. The molecule has 0 fully saturated rings. The number of carbonyl (C=O) groups excluding carboxylic acids is 1. The molecule has 8 heteroatoms. The van der Waals surface area contributed by atoms with E-state index < -0.39 is 0 Å². The van der Waals surface area contributed by atoms with Crippen molar-refractivity contribution in [2.45, 2.75) is 19.4 Å². The van der Waals surface area contributed by atoms with Gasteiger partial charge in [0.2, 0.25) is 5.91 Å². The van der Waals surface area contributed by atoms with Crippen molar-refractivity contribution >= 4 is 34.0 Å². The smallest absolute Gasteiger partial charge is 0.229 e. The summed E-state index contributed by atoms with van der Waals surface area (Å²) in [5.41, 5.74) is 3.35. The van der Waals surface area contributed by atoms with Gasteiger partial charge in [-0.3, -0.25) is 14.4 Å². The standard InChI is InChI=1S/C23H20ClFN4OS/c1-28-13-17(12-26-28)8-11-22(30)29(14-16-6-9-18(25)10-7-16)23-27-21(15-31-23)19-4-2-3-5-20(19)24/h2-7,9-10,12-13,15H,8,11,14H2,1H3. The molecule has 31 heavy (non-hydrogen) atoms. The lowest BCUT2D eigenvalue weighted by Crippen LogP contribution is -2.30. The molecule has 4 aromatic rings. The fraction of sp³-hybridized carbons (Fsp3) is 0.174. The van der Waals surface area contributed by atoms with E-state index in [1.807, 2.05) is 42.9 Å². The topological polar surface area (TPSA) is 51.0 Å². The zero-order valence-electron chi connectivity index (χ0n) is 16.8. The van der Waals surface area contributed by atoms with Crippen molar-refractivity contribution in [1.29, 1.82) is 0 Å². The van der Waals surface area contributed by atoms with E-state index in [4.69, 9.17) is 11.6 Å². The molecule has 2 heterocycles. The lowest BCUT2D eigenvalue weighted by Gasteiger charge is -2.20. The summed E-state index contributed by atoms with van der Waals surface area (Å²) in [5, 5.41) is 7.23. The number of benzene rings is 2. The van der Waals surface area contributed by atoms with Crippen molar-refractivity contribution in [1.82, 2.24) is 14.8 Å². The summed E-state index contributed by atoms with van der Waals surface area (Å²) in [6.45, 7) is 0.307. The number of aryl methyl sites for hydroxylation is 2. The third-order valence-corrected chi connectivity index (χ3v) is 6.01. The third kappa shape index (κ3) is 5.18. The molecule has 4 rings (SSSR count). The Kier molecular flexibility index (Phi) is 6.44. The molecular weight excluding hydrogens is 435 g/mol. The van der Waals surface area contributed by atoms with E-state index in [9.17, 15) is 9.18 Å². The van der Waals surface area contributed by atoms with Gasteiger partial charge in [0.05, 0.1) is 18.4 Å². The van der Waals surface area contributed by atoms with Crippen LogP contribution in [0.15, 0.2) is 66.3 Å². The first-order valence-corrected chi connectivity index (χ1v) is 11.0. The fourth-order valence-electron chi connectivity index (χ4n) is 3.20. The largest absolute Gasteiger partial charge is 0.284 e. The first-order valence-electron chi connectivity index (χ1n) is 9.72. The van der Waals surface area contributed by atoms with Crippen molar-refractivity contribution < 1.29 is 9.18 Å². The van der Waals surface area contributed by atoms with Gasteiger partial charge in [-0.25, -0.2) is 9.37 Å². The molecule has 0 saturated carbocycles. The Balaban J connectivity index is 1.59. The Morgan fingerprint density at radius 1 is 1.16 bits per heavy atom. The molecule has 0 atom stereocenters. The van der Waals surface area contributed by atoms with Crippen LogP contribution in [0.2, 0.25) is 5.02 Å². The number of hydrogen-bond donors (Lipinski definition) is 0. The summed E-state index contributed by atoms with van der Waals surface area (Å²) in [4.78, 5) is 19.5. The van der Waals surface area contributed by atoms with Crippen LogP contribution in [0.5, 0.6) is 0 Å². The minimum Gasteiger partial charge on any atom is -0.284 e. The van der Waals surface area contributed by atoms with Gasteiger partial charge in [-0.15, -0.1) is 11.3 Å². The molecular formula is C23H20ClFN4OS. The summed E-state index contributed by atoms with van der Waals surface area (Å²) >= 11 is 7.70. The van der Waals surface area contributed by atoms with Crippen molar-refractivity contribution in [2.75, 3.05) is 4.90 Å². The molecule has 0 saturated heterocycles. The zero-order valence-corrected chi connectivity index (χ0v) is 18.4. The van der Waals surface area contributed by atoms with Crippen LogP contribution in [0.1, 0.15) is 17.5 Å². The van der Waals surface area contributed by atoms with Crippen LogP contribution >= 0.6 is 22.9 Å². The predicted octanol–water partition coefficient (Wildman–Crippen LogP) is 5.50. The van der Waals surface area contributed by atoms with Crippen molar-refractivity contribution in [3.63, 3.8) is 0 Å². The van der Waals surface area contributed by atoms with Crippen LogP contribution in [0.3, 0.4) is 0 Å². The number of amides is 1. The van der Waals surface area contributed by atoms with Gasteiger partial charge in [-0.2, -0.15) is 5.10 Å². The van der Waals surface area contributed by atoms with Gasteiger partial charge in [0, 0.05) is 35.6 Å². The van der Waals surface area contributed by atoms with Gasteiger partial charge in [0.15, 0.2) is 5.13 Å². The van der Waals surface area contributed by atoms with Crippen LogP contribution in [-0.4, -0.2) is 20.7 Å². The Morgan fingerprint density at radius 2 is 1.94 bits per heavy atom. The van der Waals surface area contributed by atoms with E-state index in [0.717, 1.165) is 22.4 Å². The molecule has 0 radical (unpaired) electrons. The SMILES string of the molecule is Cn1cc(CCC(=O)N(Cc2ccc(F)cc2)c2nc(-c3ccccc3Cl)cs2)cn1. The van der Waals surface area contributed by atoms with Gasteiger partial charge in [-0.05, 0) is 35.7 Å². The van der Waals surface area contributed by atoms with Gasteiger partial charge in [0.1, 0.15) is 5.82 Å². The van der Waals surface area contributed by atoms with Crippen molar-refractivity contribution in [3.8, 4) is 11.3 Å². The summed E-state index contributed by atoms with van der Waals surface area (Å²) in [6.07, 6.45) is 4.55. The quantitative estimate of drug-likeness (QED) is 0.370. The van der Waals surface area contributed by atoms with Crippen molar-refractivity contribution in [3.05, 3.63) is 88.3 Å². The molecule has 0 aliphatic rings. The predicted molar refractivity (Wildman–Crippen MR) is 122 cm³/mol. The van der Waals surface area contributed by atoms with E-state index in [1.165, 1.54) is 23.5 Å². The number of rotatable bonds is 7. The molecule has 2 aromatic heterocycles. The van der Waals surface area contributed by atoms with E-state index in [0.29, 0.717) is 29.5 Å². The second-order valence-electron chi connectivity index (χ2n) is 7.12. The lowest BCUT2D eigenvalue weighted by atomic mass is 10.1. The average Bonchev–Trinajstić information content (AvgIpc) is 3.41. The van der Waals surface area contributed by atoms with E-state index >= 15 is 0 Å². The third-order valence-electron chi connectivity index (χ3n) is 4.81. The fourth-order valence-corrected chi connectivity index (χ4v) is 4.28. The van der Waals surface area contributed by atoms with E-state index in [1.54, 1.807) is 27.9 Å². The molecule has 158 valence electrons. The maximum atomic E-state index is 13.3. The van der Waals surface area contributed by atoms with Gasteiger partial charge < -0.3 is 0 Å². The van der Waals surface area contributed by atoms with Gasteiger partial charge >= 0.3 is 0 Å². The average molecular weight is 455 g/mol. The van der Waals surface area contributed by atoms with Crippen LogP contribution in [0.4, 0.5) is 9.52 Å². The first kappa shape index (κ1) is 21.2. The number of hydrogen-bond acceptors (Lipinski definition) is 4. The summed E-state index contributed by atoms with van der Waals surface area (Å²) in [5.74, 6) is -0.373. The van der Waals surface area contributed by atoms with E-state index in [2.05, 4.69) is 10.1 Å². The van der Waals surface area contributed by atoms with Crippen LogP contribution < -0.4 is 4.90 Å². The number of thiazole rings is 1. The van der Waals surface area contributed by atoms with Gasteiger partial charge in [0.25, 0.3) is 0 Å². The molecule has 2 aromatic carbocycles. The van der Waals surface area contributed by atoms with Crippen LogP contribution in [0, 0.1) is 5.82 Å². The lowest BCUT2D eigenvalue weighted by molar-refractivity contribution is -0.118. The Bertz CT molecular complexity index is 1190. The van der Waals surface area contributed by atoms with Gasteiger partial charge in [-0.1, -0.05) is 41.9 Å². The molecule has 0 N–H and O–H groups in total. The maximum Gasteiger partial charge on any atom is 0.229 e. The minimum atomic E-state index is -0.312.